The molecule has 1 aliphatic rings. The molecule has 0 spiro atoms. The SMILES string of the molecule is COc1ccc(-c2nn(-c3ccccc3)cc2/C=N/N=C2\NC(=O)C(Cc3cccc(C(F)(F)F)c3)S2)cc1. The average molecular weight is 550 g/mol. The van der Waals surface area contributed by atoms with Gasteiger partial charge < -0.3 is 10.1 Å². The van der Waals surface area contributed by atoms with Crippen LogP contribution in [0.2, 0.25) is 0 Å². The summed E-state index contributed by atoms with van der Waals surface area (Å²) in [5.41, 5.74) is 2.77. The van der Waals surface area contributed by atoms with Gasteiger partial charge in [0.25, 0.3) is 0 Å². The highest BCUT2D eigenvalue weighted by Crippen LogP contribution is 2.31. The molecule has 1 unspecified atom stereocenters. The summed E-state index contributed by atoms with van der Waals surface area (Å²) in [6.45, 7) is 0. The van der Waals surface area contributed by atoms with Gasteiger partial charge in [-0.1, -0.05) is 48.2 Å². The third-order valence-corrected chi connectivity index (χ3v) is 7.00. The number of aromatic nitrogens is 2. The number of halogens is 3. The monoisotopic (exact) mass is 549 g/mol. The molecule has 1 aliphatic heterocycles. The van der Waals surface area contributed by atoms with Crippen molar-refractivity contribution < 1.29 is 22.7 Å². The number of ether oxygens (including phenoxy) is 1. The van der Waals surface area contributed by atoms with E-state index in [1.807, 2.05) is 60.8 Å². The zero-order chi connectivity index (χ0) is 27.4. The number of rotatable bonds is 7. The van der Waals surface area contributed by atoms with E-state index in [1.54, 1.807) is 24.1 Å². The van der Waals surface area contributed by atoms with E-state index in [4.69, 9.17) is 9.84 Å². The van der Waals surface area contributed by atoms with Crippen LogP contribution in [0.1, 0.15) is 16.7 Å². The van der Waals surface area contributed by atoms with Crippen molar-refractivity contribution in [2.24, 2.45) is 10.2 Å². The maximum absolute atomic E-state index is 13.0. The van der Waals surface area contributed by atoms with E-state index in [0.29, 0.717) is 16.8 Å². The van der Waals surface area contributed by atoms with E-state index in [-0.39, 0.29) is 17.5 Å². The summed E-state index contributed by atoms with van der Waals surface area (Å²) in [5, 5.41) is 15.4. The van der Waals surface area contributed by atoms with Crippen LogP contribution in [0.15, 0.2) is 95.3 Å². The lowest BCUT2D eigenvalue weighted by Crippen LogP contribution is -2.26. The molecule has 1 saturated heterocycles. The topological polar surface area (TPSA) is 80.9 Å². The quantitative estimate of drug-likeness (QED) is 0.236. The molecule has 0 aliphatic carbocycles. The van der Waals surface area contributed by atoms with E-state index in [1.165, 1.54) is 6.07 Å². The number of nitrogens with zero attached hydrogens (tertiary/aromatic N) is 4. The second kappa shape index (κ2) is 11.2. The zero-order valence-electron chi connectivity index (χ0n) is 20.6. The van der Waals surface area contributed by atoms with Gasteiger partial charge in [-0.05, 0) is 54.4 Å². The molecular formula is C28H22F3N5O2S. The number of benzene rings is 3. The molecule has 198 valence electrons. The Morgan fingerprint density at radius 3 is 2.56 bits per heavy atom. The lowest BCUT2D eigenvalue weighted by Gasteiger charge is -2.10. The van der Waals surface area contributed by atoms with E-state index in [0.717, 1.165) is 40.9 Å². The maximum Gasteiger partial charge on any atom is 0.416 e. The van der Waals surface area contributed by atoms with Crippen molar-refractivity contribution in [2.45, 2.75) is 17.8 Å². The normalized spacial score (nSPS) is 16.7. The van der Waals surface area contributed by atoms with Crippen molar-refractivity contribution in [3.63, 3.8) is 0 Å². The fourth-order valence-electron chi connectivity index (χ4n) is 3.99. The van der Waals surface area contributed by atoms with Gasteiger partial charge in [-0.2, -0.15) is 23.4 Å². The van der Waals surface area contributed by atoms with Crippen LogP contribution in [0.5, 0.6) is 5.75 Å². The second-order valence-electron chi connectivity index (χ2n) is 8.59. The van der Waals surface area contributed by atoms with Crippen LogP contribution in [0.4, 0.5) is 13.2 Å². The Morgan fingerprint density at radius 1 is 1.08 bits per heavy atom. The van der Waals surface area contributed by atoms with Gasteiger partial charge >= 0.3 is 6.18 Å². The highest BCUT2D eigenvalue weighted by Gasteiger charge is 2.33. The summed E-state index contributed by atoms with van der Waals surface area (Å²) < 4.78 is 46.1. The number of hydrogen-bond donors (Lipinski definition) is 1. The summed E-state index contributed by atoms with van der Waals surface area (Å²) in [6, 6.07) is 22.1. The van der Waals surface area contributed by atoms with Gasteiger partial charge in [0.2, 0.25) is 5.91 Å². The molecule has 1 aromatic heterocycles. The third-order valence-electron chi connectivity index (χ3n) is 5.92. The van der Waals surface area contributed by atoms with Crippen molar-refractivity contribution in [1.82, 2.24) is 15.1 Å². The molecule has 7 nitrogen and oxygen atoms in total. The van der Waals surface area contributed by atoms with Gasteiger partial charge in [0.15, 0.2) is 5.17 Å². The molecule has 1 fully saturated rings. The fourth-order valence-corrected chi connectivity index (χ4v) is 4.95. The number of amides is 1. The lowest BCUT2D eigenvalue weighted by molar-refractivity contribution is -0.137. The maximum atomic E-state index is 13.0. The Kier molecular flexibility index (Phi) is 7.51. The van der Waals surface area contributed by atoms with Crippen LogP contribution < -0.4 is 10.1 Å². The standard InChI is InChI=1S/C28H22F3N5O2S/c1-38-23-12-10-19(11-13-23)25-20(17-36(35-25)22-8-3-2-4-9-22)16-32-34-27-33-26(37)24(39-27)15-18-6-5-7-21(14-18)28(29,30)31/h2-14,16-17,24H,15H2,1H3,(H,33,34,37)/b32-16+. The van der Waals surface area contributed by atoms with E-state index in [2.05, 4.69) is 15.5 Å². The first kappa shape index (κ1) is 26.2. The third kappa shape index (κ3) is 6.20. The van der Waals surface area contributed by atoms with Gasteiger partial charge in [-0.3, -0.25) is 4.79 Å². The number of alkyl halides is 3. The van der Waals surface area contributed by atoms with Gasteiger partial charge in [-0.15, -0.1) is 5.10 Å². The van der Waals surface area contributed by atoms with Gasteiger partial charge in [0.05, 0.1) is 29.8 Å². The number of carbonyl (C=O) groups excluding carboxylic acids is 1. The van der Waals surface area contributed by atoms with Gasteiger partial charge in [0.1, 0.15) is 11.4 Å². The van der Waals surface area contributed by atoms with Crippen LogP contribution in [-0.4, -0.2) is 39.4 Å². The van der Waals surface area contributed by atoms with Crippen molar-refractivity contribution >= 4 is 29.1 Å². The van der Waals surface area contributed by atoms with Crippen LogP contribution in [0.25, 0.3) is 16.9 Å². The number of hydrogen-bond acceptors (Lipinski definition) is 6. The lowest BCUT2D eigenvalue weighted by atomic mass is 10.1. The van der Waals surface area contributed by atoms with Gasteiger partial charge in [-0.25, -0.2) is 4.68 Å². The summed E-state index contributed by atoms with van der Waals surface area (Å²) in [5.74, 6) is 0.388. The van der Waals surface area contributed by atoms with E-state index in [9.17, 15) is 18.0 Å². The number of para-hydroxylation sites is 1. The summed E-state index contributed by atoms with van der Waals surface area (Å²) in [4.78, 5) is 12.4. The summed E-state index contributed by atoms with van der Waals surface area (Å²) in [7, 11) is 1.60. The molecule has 1 amide bonds. The molecule has 0 radical (unpaired) electrons. The average Bonchev–Trinajstić information content (AvgIpc) is 3.52. The first-order chi connectivity index (χ1) is 18.8. The molecule has 4 aromatic rings. The molecule has 0 bridgehead atoms. The predicted molar refractivity (Wildman–Crippen MR) is 145 cm³/mol. The Morgan fingerprint density at radius 2 is 1.85 bits per heavy atom. The minimum atomic E-state index is -4.44. The summed E-state index contributed by atoms with van der Waals surface area (Å²) in [6.07, 6.45) is -0.933. The Balaban J connectivity index is 1.35. The van der Waals surface area contributed by atoms with Crippen molar-refractivity contribution in [1.29, 1.82) is 0 Å². The van der Waals surface area contributed by atoms with Crippen LogP contribution in [-0.2, 0) is 17.4 Å². The fraction of sp³-hybridized carbons (Fsp3) is 0.143. The van der Waals surface area contributed by atoms with Crippen LogP contribution in [0.3, 0.4) is 0 Å². The Bertz CT molecular complexity index is 1530. The minimum Gasteiger partial charge on any atom is -0.497 e. The second-order valence-corrected chi connectivity index (χ2v) is 9.78. The smallest absolute Gasteiger partial charge is 0.416 e. The molecular weight excluding hydrogens is 527 g/mol. The minimum absolute atomic E-state index is 0.134. The number of methoxy groups -OCH3 is 1. The summed E-state index contributed by atoms with van der Waals surface area (Å²) >= 11 is 1.13. The molecule has 11 heteroatoms. The molecule has 2 heterocycles. The highest BCUT2D eigenvalue weighted by molar-refractivity contribution is 8.15. The largest absolute Gasteiger partial charge is 0.497 e. The molecule has 1 N–H and O–H groups in total. The first-order valence-electron chi connectivity index (χ1n) is 11.8. The first-order valence-corrected chi connectivity index (χ1v) is 12.7. The van der Waals surface area contributed by atoms with Crippen LogP contribution >= 0.6 is 11.8 Å². The number of carbonyl (C=O) groups is 1. The van der Waals surface area contributed by atoms with Crippen molar-refractivity contribution in [3.05, 3.63) is 102 Å². The van der Waals surface area contributed by atoms with E-state index >= 15 is 0 Å². The van der Waals surface area contributed by atoms with Gasteiger partial charge in [0, 0.05) is 17.3 Å². The highest BCUT2D eigenvalue weighted by atomic mass is 32.2. The van der Waals surface area contributed by atoms with Crippen LogP contribution in [0, 0.1) is 0 Å². The molecule has 3 aromatic carbocycles. The molecule has 1 atom stereocenters. The predicted octanol–water partition coefficient (Wildman–Crippen LogP) is 5.73. The number of amidine groups is 1. The number of nitrogens with one attached hydrogen (secondary N) is 1. The Labute approximate surface area is 226 Å². The Hall–Kier alpha value is -4.38. The molecule has 0 saturated carbocycles. The zero-order valence-corrected chi connectivity index (χ0v) is 21.4. The molecule has 5 rings (SSSR count). The van der Waals surface area contributed by atoms with Crippen molar-refractivity contribution in [2.75, 3.05) is 7.11 Å². The molecule has 39 heavy (non-hydrogen) atoms. The van der Waals surface area contributed by atoms with E-state index < -0.39 is 17.0 Å². The van der Waals surface area contributed by atoms with Crippen molar-refractivity contribution in [3.8, 4) is 22.7 Å². The number of thioether (sulfide) groups is 1.